The van der Waals surface area contributed by atoms with E-state index in [4.69, 9.17) is 10.2 Å². The number of hydrogen-bond donors (Lipinski definition) is 3. The van der Waals surface area contributed by atoms with Gasteiger partial charge in [0.05, 0.1) is 6.61 Å². The number of rotatable bonds is 6. The molecule has 1 aliphatic rings. The van der Waals surface area contributed by atoms with Crippen molar-refractivity contribution in [2.24, 2.45) is 5.92 Å². The Labute approximate surface area is 78.0 Å². The summed E-state index contributed by atoms with van der Waals surface area (Å²) >= 11 is 0. The van der Waals surface area contributed by atoms with Gasteiger partial charge in [0.15, 0.2) is 0 Å². The van der Waals surface area contributed by atoms with Gasteiger partial charge in [0.25, 0.3) is 0 Å². The Balaban J connectivity index is 2.23. The molecule has 0 saturated heterocycles. The van der Waals surface area contributed by atoms with Crippen LogP contribution in [0.5, 0.6) is 0 Å². The van der Waals surface area contributed by atoms with Gasteiger partial charge >= 0.3 is 5.97 Å². The van der Waals surface area contributed by atoms with E-state index in [0.717, 1.165) is 12.8 Å². The molecule has 0 bridgehead atoms. The van der Waals surface area contributed by atoms with Gasteiger partial charge in [0.1, 0.15) is 6.04 Å². The number of carbonyl (C=O) groups is 1. The van der Waals surface area contributed by atoms with E-state index < -0.39 is 12.0 Å². The van der Waals surface area contributed by atoms with Crippen molar-refractivity contribution in [3.63, 3.8) is 0 Å². The van der Waals surface area contributed by atoms with Crippen LogP contribution in [-0.4, -0.2) is 35.4 Å². The minimum atomic E-state index is -0.805. The highest BCUT2D eigenvalue weighted by atomic mass is 16.4. The molecule has 4 heteroatoms. The zero-order valence-corrected chi connectivity index (χ0v) is 7.70. The molecule has 4 nitrogen and oxygen atoms in total. The highest BCUT2D eigenvalue weighted by Crippen LogP contribution is 2.30. The highest BCUT2D eigenvalue weighted by molar-refractivity contribution is 5.73. The van der Waals surface area contributed by atoms with Crippen LogP contribution in [0.2, 0.25) is 0 Å². The molecular weight excluding hydrogens is 170 g/mol. The zero-order chi connectivity index (χ0) is 9.68. The molecule has 1 atom stereocenters. The van der Waals surface area contributed by atoms with Crippen LogP contribution in [0.1, 0.15) is 25.7 Å². The van der Waals surface area contributed by atoms with Gasteiger partial charge in [0.2, 0.25) is 0 Å². The number of nitrogens with one attached hydrogen (secondary N) is 1. The maximum atomic E-state index is 10.7. The average molecular weight is 187 g/mol. The normalized spacial score (nSPS) is 19.5. The summed E-state index contributed by atoms with van der Waals surface area (Å²) in [6.45, 7) is 0.359. The maximum absolute atomic E-state index is 10.7. The first kappa shape index (κ1) is 10.5. The molecule has 0 amide bonds. The van der Waals surface area contributed by atoms with Crippen molar-refractivity contribution in [2.45, 2.75) is 31.7 Å². The minimum Gasteiger partial charge on any atom is -0.480 e. The first-order valence-corrected chi connectivity index (χ1v) is 4.81. The van der Waals surface area contributed by atoms with E-state index in [2.05, 4.69) is 5.32 Å². The number of carboxylic acid groups (broad SMARTS) is 1. The molecule has 1 aliphatic carbocycles. The summed E-state index contributed by atoms with van der Waals surface area (Å²) in [4.78, 5) is 10.7. The van der Waals surface area contributed by atoms with Crippen molar-refractivity contribution in [3.05, 3.63) is 0 Å². The number of aliphatic hydroxyl groups excluding tert-OH is 1. The van der Waals surface area contributed by atoms with Gasteiger partial charge in [-0.1, -0.05) is 19.3 Å². The molecule has 0 aliphatic heterocycles. The van der Waals surface area contributed by atoms with Crippen LogP contribution in [0.4, 0.5) is 0 Å². The Morgan fingerprint density at radius 1 is 1.54 bits per heavy atom. The molecule has 0 aromatic carbocycles. The number of aliphatic hydroxyl groups is 1. The van der Waals surface area contributed by atoms with Gasteiger partial charge in [-0.15, -0.1) is 0 Å². The van der Waals surface area contributed by atoms with Crippen molar-refractivity contribution in [2.75, 3.05) is 13.2 Å². The lowest BCUT2D eigenvalue weighted by molar-refractivity contribution is -0.140. The molecule has 0 heterocycles. The molecular formula is C9H17NO3. The largest absolute Gasteiger partial charge is 0.480 e. The fraction of sp³-hybridized carbons (Fsp3) is 0.889. The Kier molecular flexibility index (Phi) is 4.18. The summed E-state index contributed by atoms with van der Waals surface area (Å²) in [5.41, 5.74) is 0. The van der Waals surface area contributed by atoms with Gasteiger partial charge in [-0.25, -0.2) is 0 Å². The minimum absolute atomic E-state index is 0.00551. The second kappa shape index (κ2) is 5.19. The highest BCUT2D eigenvalue weighted by Gasteiger charge is 2.25. The molecule has 1 rings (SSSR count). The number of carboxylic acids is 1. The quantitative estimate of drug-likeness (QED) is 0.556. The molecule has 13 heavy (non-hydrogen) atoms. The Morgan fingerprint density at radius 3 is 2.62 bits per heavy atom. The monoisotopic (exact) mass is 187 g/mol. The SMILES string of the molecule is O=C(O)C(CC1CCC1)NCCO. The average Bonchev–Trinajstić information content (AvgIpc) is 2.01. The molecule has 0 aromatic rings. The van der Waals surface area contributed by atoms with E-state index in [0.29, 0.717) is 18.9 Å². The summed E-state index contributed by atoms with van der Waals surface area (Å²) in [6, 6.07) is -0.475. The van der Waals surface area contributed by atoms with E-state index in [-0.39, 0.29) is 6.61 Å². The van der Waals surface area contributed by atoms with Crippen LogP contribution in [0.15, 0.2) is 0 Å². The van der Waals surface area contributed by atoms with Crippen LogP contribution in [0, 0.1) is 5.92 Å². The molecule has 0 radical (unpaired) electrons. The third-order valence-corrected chi connectivity index (χ3v) is 2.59. The first-order valence-electron chi connectivity index (χ1n) is 4.81. The molecule has 3 N–H and O–H groups in total. The van der Waals surface area contributed by atoms with Crippen molar-refractivity contribution >= 4 is 5.97 Å². The summed E-state index contributed by atoms with van der Waals surface area (Å²) < 4.78 is 0. The van der Waals surface area contributed by atoms with E-state index in [1.54, 1.807) is 0 Å². The van der Waals surface area contributed by atoms with Gasteiger partial charge in [-0.3, -0.25) is 4.79 Å². The van der Waals surface area contributed by atoms with Crippen molar-refractivity contribution in [3.8, 4) is 0 Å². The summed E-state index contributed by atoms with van der Waals surface area (Å²) in [6.07, 6.45) is 4.25. The van der Waals surface area contributed by atoms with Crippen molar-refractivity contribution in [1.29, 1.82) is 0 Å². The zero-order valence-electron chi connectivity index (χ0n) is 7.70. The lowest BCUT2D eigenvalue weighted by Gasteiger charge is -2.28. The van der Waals surface area contributed by atoms with Crippen molar-refractivity contribution in [1.82, 2.24) is 5.32 Å². The van der Waals surface area contributed by atoms with E-state index in [9.17, 15) is 4.79 Å². The van der Waals surface area contributed by atoms with Gasteiger partial charge in [-0.2, -0.15) is 0 Å². The number of aliphatic carboxylic acids is 1. The lowest BCUT2D eigenvalue weighted by atomic mass is 9.81. The Morgan fingerprint density at radius 2 is 2.23 bits per heavy atom. The van der Waals surface area contributed by atoms with Crippen molar-refractivity contribution < 1.29 is 15.0 Å². The first-order chi connectivity index (χ1) is 6.24. The van der Waals surface area contributed by atoms with Crippen LogP contribution in [0.25, 0.3) is 0 Å². The van der Waals surface area contributed by atoms with Crippen LogP contribution in [0.3, 0.4) is 0 Å². The van der Waals surface area contributed by atoms with E-state index in [1.807, 2.05) is 0 Å². The van der Waals surface area contributed by atoms with Gasteiger partial charge < -0.3 is 15.5 Å². The Bertz CT molecular complexity index is 168. The second-order valence-electron chi connectivity index (χ2n) is 3.60. The van der Waals surface area contributed by atoms with Gasteiger partial charge in [-0.05, 0) is 12.3 Å². The van der Waals surface area contributed by atoms with Gasteiger partial charge in [0, 0.05) is 6.54 Å². The van der Waals surface area contributed by atoms with Crippen LogP contribution in [-0.2, 0) is 4.79 Å². The molecule has 1 saturated carbocycles. The molecule has 1 unspecified atom stereocenters. The fourth-order valence-corrected chi connectivity index (χ4v) is 1.57. The molecule has 0 spiro atoms. The van der Waals surface area contributed by atoms with E-state index >= 15 is 0 Å². The third kappa shape index (κ3) is 3.32. The maximum Gasteiger partial charge on any atom is 0.320 e. The smallest absolute Gasteiger partial charge is 0.320 e. The lowest BCUT2D eigenvalue weighted by Crippen LogP contribution is -2.40. The molecule has 1 fully saturated rings. The standard InChI is InChI=1S/C9H17NO3/c11-5-4-10-8(9(12)13)6-7-2-1-3-7/h7-8,10-11H,1-6H2,(H,12,13). The van der Waals surface area contributed by atoms with Crippen LogP contribution < -0.4 is 5.32 Å². The topological polar surface area (TPSA) is 69.6 Å². The fourth-order valence-electron chi connectivity index (χ4n) is 1.57. The second-order valence-corrected chi connectivity index (χ2v) is 3.60. The summed E-state index contributed by atoms with van der Waals surface area (Å²) in [7, 11) is 0. The number of hydrogen-bond acceptors (Lipinski definition) is 3. The summed E-state index contributed by atoms with van der Waals surface area (Å²) in [5, 5.41) is 20.2. The third-order valence-electron chi connectivity index (χ3n) is 2.59. The predicted octanol–water partition coefficient (Wildman–Crippen LogP) is 0.212. The molecule has 76 valence electrons. The van der Waals surface area contributed by atoms with Crippen LogP contribution >= 0.6 is 0 Å². The molecule has 0 aromatic heterocycles. The van der Waals surface area contributed by atoms with E-state index in [1.165, 1.54) is 6.42 Å². The Hall–Kier alpha value is -0.610. The summed E-state index contributed by atoms with van der Waals surface area (Å²) in [5.74, 6) is -0.229. The predicted molar refractivity (Wildman–Crippen MR) is 48.5 cm³/mol.